The second-order valence-electron chi connectivity index (χ2n) is 9.50. The van der Waals surface area contributed by atoms with Gasteiger partial charge in [0.15, 0.2) is 0 Å². The summed E-state index contributed by atoms with van der Waals surface area (Å²) in [5.41, 5.74) is -0.182. The molecule has 4 heterocycles. The van der Waals surface area contributed by atoms with Crippen molar-refractivity contribution in [3.8, 4) is 0 Å². The maximum absolute atomic E-state index is 13.7. The zero-order chi connectivity index (χ0) is 28.7. The monoisotopic (exact) mass is 586 g/mol. The highest BCUT2D eigenvalue weighted by Gasteiger charge is 2.36. The van der Waals surface area contributed by atoms with E-state index in [1.165, 1.54) is 29.3 Å². The molecular weight excluding hydrogens is 562 g/mol. The maximum Gasteiger partial charge on any atom is 0.419 e. The van der Waals surface area contributed by atoms with Gasteiger partial charge >= 0.3 is 12.4 Å². The quantitative estimate of drug-likeness (QED) is 0.419. The molecule has 0 amide bonds. The lowest BCUT2D eigenvalue weighted by molar-refractivity contribution is -0.138. The standard InChI is InChI=1S/C25H26F6N6O2S/c26-24(27,28)16-3-5-17(6-4-16)33-21-18-7-10-36(22-19(25(29,30)31)2-1-9-32-22)11-8-20(18)34-23(35-21)37-12-14-40(38,39)15-13-37/h1-6,9,38-39H,7-8,10-15H2,(H,33,34,35)/p-2. The number of hydrogen-bond donors (Lipinski definition) is 1. The fourth-order valence-corrected chi connectivity index (χ4v) is 5.91. The van der Waals surface area contributed by atoms with Crippen molar-refractivity contribution < 1.29 is 35.4 Å². The van der Waals surface area contributed by atoms with Crippen LogP contribution in [0.15, 0.2) is 42.6 Å². The summed E-state index contributed by atoms with van der Waals surface area (Å²) in [6.45, 7) is 0.669. The Kier molecular flexibility index (Phi) is 7.48. The molecule has 15 heteroatoms. The smallest absolute Gasteiger partial charge is 0.419 e. The molecule has 0 radical (unpaired) electrons. The minimum Gasteiger partial charge on any atom is -0.800 e. The van der Waals surface area contributed by atoms with E-state index in [9.17, 15) is 35.4 Å². The number of rotatable bonds is 4. The van der Waals surface area contributed by atoms with Gasteiger partial charge in [-0.15, -0.1) is 0 Å². The summed E-state index contributed by atoms with van der Waals surface area (Å²) in [6.07, 6.45) is -7.33. The van der Waals surface area contributed by atoms with Crippen molar-refractivity contribution in [3.05, 3.63) is 65.0 Å². The van der Waals surface area contributed by atoms with Crippen molar-refractivity contribution in [2.45, 2.75) is 25.2 Å². The molecule has 40 heavy (non-hydrogen) atoms. The fraction of sp³-hybridized carbons (Fsp3) is 0.400. The fourth-order valence-electron chi connectivity index (χ4n) is 4.70. The van der Waals surface area contributed by atoms with E-state index in [0.29, 0.717) is 22.8 Å². The molecule has 1 fully saturated rings. The Morgan fingerprint density at radius 1 is 0.800 bits per heavy atom. The number of nitrogens with zero attached hydrogens (tertiary/aromatic N) is 5. The SMILES string of the molecule is [O-]S1([O-])CCN(c2nc3c(c(Nc4ccc(C(F)(F)F)cc4)n2)CCN(c2ncccc2C(F)(F)F)CC3)CC1. The topological polar surface area (TPSA) is 103 Å². The molecule has 2 aliphatic heterocycles. The van der Waals surface area contributed by atoms with Crippen LogP contribution >= 0.6 is 10.6 Å². The molecule has 1 saturated heterocycles. The van der Waals surface area contributed by atoms with Crippen LogP contribution in [0.2, 0.25) is 0 Å². The van der Waals surface area contributed by atoms with Crippen molar-refractivity contribution >= 4 is 33.9 Å². The molecule has 216 valence electrons. The van der Waals surface area contributed by atoms with Crippen LogP contribution in [0.4, 0.5) is 49.6 Å². The molecule has 0 saturated carbocycles. The number of anilines is 4. The Balaban J connectivity index is 1.48. The second kappa shape index (κ2) is 10.6. The molecule has 0 bridgehead atoms. The Labute approximate surface area is 227 Å². The van der Waals surface area contributed by atoms with E-state index in [1.807, 2.05) is 0 Å². The highest BCUT2D eigenvalue weighted by Crippen LogP contribution is 2.41. The normalized spacial score (nSPS) is 18.6. The van der Waals surface area contributed by atoms with E-state index in [4.69, 9.17) is 0 Å². The molecule has 2 aromatic heterocycles. The average Bonchev–Trinajstić information content (AvgIpc) is 3.11. The molecule has 8 nitrogen and oxygen atoms in total. The predicted molar refractivity (Wildman–Crippen MR) is 137 cm³/mol. The van der Waals surface area contributed by atoms with Crippen molar-refractivity contribution in [3.63, 3.8) is 0 Å². The van der Waals surface area contributed by atoms with Crippen LogP contribution in [0.3, 0.4) is 0 Å². The predicted octanol–water partition coefficient (Wildman–Crippen LogP) is 5.14. The van der Waals surface area contributed by atoms with Gasteiger partial charge in [0.1, 0.15) is 11.6 Å². The Hall–Kier alpha value is -3.30. The van der Waals surface area contributed by atoms with E-state index in [2.05, 4.69) is 20.3 Å². The van der Waals surface area contributed by atoms with Gasteiger partial charge in [0.2, 0.25) is 5.95 Å². The van der Waals surface area contributed by atoms with E-state index in [1.54, 1.807) is 4.90 Å². The molecule has 3 aromatic rings. The van der Waals surface area contributed by atoms with Crippen LogP contribution in [-0.2, 0) is 25.2 Å². The first-order valence-corrected chi connectivity index (χ1v) is 14.2. The third kappa shape index (κ3) is 6.20. The number of nitrogens with one attached hydrogen (secondary N) is 1. The first-order valence-electron chi connectivity index (χ1n) is 12.4. The van der Waals surface area contributed by atoms with Gasteiger partial charge in [-0.3, -0.25) is 0 Å². The van der Waals surface area contributed by atoms with Crippen LogP contribution in [0.25, 0.3) is 0 Å². The lowest BCUT2D eigenvalue weighted by atomic mass is 10.1. The van der Waals surface area contributed by atoms with Gasteiger partial charge in [-0.1, -0.05) is 0 Å². The molecule has 0 spiro atoms. The van der Waals surface area contributed by atoms with Crippen molar-refractivity contribution in [2.75, 3.05) is 52.8 Å². The lowest BCUT2D eigenvalue weighted by Gasteiger charge is -2.63. The maximum atomic E-state index is 13.7. The number of fused-ring (bicyclic) bond motifs is 1. The van der Waals surface area contributed by atoms with Crippen molar-refractivity contribution in [1.29, 1.82) is 0 Å². The van der Waals surface area contributed by atoms with E-state index >= 15 is 0 Å². The molecule has 1 N–H and O–H groups in total. The number of hydrogen-bond acceptors (Lipinski definition) is 8. The summed E-state index contributed by atoms with van der Waals surface area (Å²) in [4.78, 5) is 16.5. The summed E-state index contributed by atoms with van der Waals surface area (Å²) in [5, 5.41) is 3.05. The third-order valence-corrected chi connectivity index (χ3v) is 8.43. The van der Waals surface area contributed by atoms with E-state index < -0.39 is 34.1 Å². The van der Waals surface area contributed by atoms with Gasteiger partial charge in [-0.25, -0.2) is 9.97 Å². The van der Waals surface area contributed by atoms with E-state index in [0.717, 1.165) is 18.2 Å². The molecule has 0 unspecified atom stereocenters. The number of aromatic nitrogens is 3. The van der Waals surface area contributed by atoms with Crippen LogP contribution in [0.1, 0.15) is 22.4 Å². The average molecular weight is 587 g/mol. The Morgan fingerprint density at radius 2 is 1.48 bits per heavy atom. The molecule has 2 aliphatic rings. The number of benzene rings is 1. The first-order chi connectivity index (χ1) is 18.8. The van der Waals surface area contributed by atoms with Gasteiger partial charge in [0.05, 0.1) is 16.8 Å². The largest absolute Gasteiger partial charge is 0.800 e. The minimum atomic E-state index is -4.60. The molecule has 1 aromatic carbocycles. The van der Waals surface area contributed by atoms with Crippen LogP contribution in [0.5, 0.6) is 0 Å². The second-order valence-corrected chi connectivity index (χ2v) is 11.8. The van der Waals surface area contributed by atoms with Crippen LogP contribution < -0.4 is 15.1 Å². The highest BCUT2D eigenvalue weighted by atomic mass is 32.3. The van der Waals surface area contributed by atoms with Gasteiger partial charge in [0.25, 0.3) is 0 Å². The summed E-state index contributed by atoms with van der Waals surface area (Å²) < 4.78 is 104. The summed E-state index contributed by atoms with van der Waals surface area (Å²) >= 11 is 0. The molecule has 5 rings (SSSR count). The van der Waals surface area contributed by atoms with Crippen LogP contribution in [0, 0.1) is 0 Å². The van der Waals surface area contributed by atoms with Gasteiger partial charge in [-0.05, 0) is 54.3 Å². The first kappa shape index (κ1) is 28.2. The van der Waals surface area contributed by atoms with E-state index in [-0.39, 0.29) is 62.3 Å². The third-order valence-electron chi connectivity index (χ3n) is 6.83. The number of alkyl halides is 6. The Bertz CT molecular complexity index is 1360. The number of sulfone groups is 1. The summed E-state index contributed by atoms with van der Waals surface area (Å²) in [5.74, 6) is 0.179. The minimum absolute atomic E-state index is 0.0806. The summed E-state index contributed by atoms with van der Waals surface area (Å²) in [7, 11) is -3.19. The Morgan fingerprint density at radius 3 is 2.12 bits per heavy atom. The zero-order valence-corrected chi connectivity index (χ0v) is 21.7. The molecule has 0 atom stereocenters. The number of halogens is 6. The lowest BCUT2D eigenvalue weighted by Crippen LogP contribution is -2.39. The zero-order valence-electron chi connectivity index (χ0n) is 20.9. The molecule has 0 aliphatic carbocycles. The van der Waals surface area contributed by atoms with Gasteiger partial charge < -0.3 is 34.8 Å². The molecular formula is C25H24F6N6O2S-2. The summed E-state index contributed by atoms with van der Waals surface area (Å²) in [6, 6.07) is 6.58. The van der Waals surface area contributed by atoms with Gasteiger partial charge in [-0.2, -0.15) is 31.3 Å². The highest BCUT2D eigenvalue weighted by molar-refractivity contribution is 8.24. The van der Waals surface area contributed by atoms with Crippen molar-refractivity contribution in [2.24, 2.45) is 0 Å². The van der Waals surface area contributed by atoms with Gasteiger partial charge in [0, 0.05) is 50.0 Å². The van der Waals surface area contributed by atoms with Crippen molar-refractivity contribution in [1.82, 2.24) is 15.0 Å². The number of pyridine rings is 1. The van der Waals surface area contributed by atoms with Crippen LogP contribution in [-0.4, -0.2) is 61.7 Å².